The molecular weight excluding hydrogens is 216 g/mol. The molecule has 1 aromatic rings. The molecule has 1 aliphatic heterocycles. The van der Waals surface area contributed by atoms with E-state index in [2.05, 4.69) is 28.1 Å². The lowest BCUT2D eigenvalue weighted by molar-refractivity contribution is -0.883. The highest BCUT2D eigenvalue weighted by molar-refractivity contribution is 5.62. The van der Waals surface area contributed by atoms with Crippen LogP contribution in [-0.2, 0) is 7.05 Å². The molecule has 90 valence electrons. The number of piperazine rings is 1. The summed E-state index contributed by atoms with van der Waals surface area (Å²) >= 11 is 0. The number of hydrogen-bond acceptors (Lipinski definition) is 3. The molecule has 0 radical (unpaired) electrons. The van der Waals surface area contributed by atoms with Crippen molar-refractivity contribution < 1.29 is 4.90 Å². The second kappa shape index (κ2) is 4.97. The second-order valence-electron chi connectivity index (χ2n) is 4.35. The summed E-state index contributed by atoms with van der Waals surface area (Å²) in [5.74, 6) is 0.624. The van der Waals surface area contributed by atoms with E-state index in [0.717, 1.165) is 26.2 Å². The molecule has 1 aromatic heterocycles. The van der Waals surface area contributed by atoms with Gasteiger partial charge in [0.1, 0.15) is 11.6 Å². The Morgan fingerprint density at radius 1 is 1.53 bits per heavy atom. The highest BCUT2D eigenvalue weighted by Crippen LogP contribution is 2.15. The summed E-state index contributed by atoms with van der Waals surface area (Å²) < 4.78 is 1.62. The summed E-state index contributed by atoms with van der Waals surface area (Å²) in [7, 11) is 3.99. The number of nitriles is 1. The molecule has 6 heteroatoms. The van der Waals surface area contributed by atoms with Crippen molar-refractivity contribution in [2.75, 3.05) is 33.2 Å². The minimum absolute atomic E-state index is 0.517. The zero-order valence-electron chi connectivity index (χ0n) is 10.2. The molecule has 0 aromatic carbocycles. The number of nitrogens with one attached hydrogen (secondary N) is 1. The fourth-order valence-corrected chi connectivity index (χ4v) is 1.82. The quantitative estimate of drug-likeness (QED) is 0.514. The number of aromatic nitrogens is 2. The van der Waals surface area contributed by atoms with Gasteiger partial charge in [0.05, 0.1) is 45.8 Å². The van der Waals surface area contributed by atoms with Crippen molar-refractivity contribution in [3.63, 3.8) is 0 Å². The van der Waals surface area contributed by atoms with Gasteiger partial charge in [-0.05, 0) is 0 Å². The van der Waals surface area contributed by atoms with Gasteiger partial charge in [-0.3, -0.25) is 0 Å². The number of aliphatic imine (C=N–C) groups is 1. The average molecular weight is 233 g/mol. The zero-order valence-corrected chi connectivity index (χ0v) is 10.2. The Morgan fingerprint density at radius 2 is 2.24 bits per heavy atom. The van der Waals surface area contributed by atoms with Crippen molar-refractivity contribution in [2.24, 2.45) is 12.0 Å². The Hall–Kier alpha value is -1.87. The van der Waals surface area contributed by atoms with Gasteiger partial charge in [-0.15, -0.1) is 0 Å². The minimum Gasteiger partial charge on any atom is -0.351 e. The molecule has 0 bridgehead atoms. The summed E-state index contributed by atoms with van der Waals surface area (Å²) in [6.45, 7) is 4.27. The molecule has 0 unspecified atom stereocenters. The van der Waals surface area contributed by atoms with Gasteiger partial charge in [0, 0.05) is 7.05 Å². The molecule has 1 saturated heterocycles. The maximum Gasteiger partial charge on any atom is 0.169 e. The third-order valence-corrected chi connectivity index (χ3v) is 3.02. The lowest BCUT2D eigenvalue weighted by atomic mass is 10.3. The van der Waals surface area contributed by atoms with Crippen LogP contribution in [0.3, 0.4) is 0 Å². The van der Waals surface area contributed by atoms with Crippen molar-refractivity contribution >= 4 is 12.2 Å². The Labute approximate surface area is 101 Å². The Bertz CT molecular complexity index is 447. The summed E-state index contributed by atoms with van der Waals surface area (Å²) in [4.78, 5) is 8.09. The van der Waals surface area contributed by atoms with Crippen molar-refractivity contribution in [2.45, 2.75) is 0 Å². The SMILES string of the molecule is Cn1ncc(C#N)c1N=CN1CC[NH+](C)CC1. The Morgan fingerprint density at radius 3 is 2.88 bits per heavy atom. The predicted molar refractivity (Wildman–Crippen MR) is 64.3 cm³/mol. The number of hydrogen-bond donors (Lipinski definition) is 1. The molecule has 2 rings (SSSR count). The Kier molecular flexibility index (Phi) is 3.40. The normalized spacial score (nSPS) is 17.6. The number of aryl methyl sites for hydroxylation is 1. The van der Waals surface area contributed by atoms with E-state index in [9.17, 15) is 0 Å². The minimum atomic E-state index is 0.517. The van der Waals surface area contributed by atoms with Gasteiger partial charge in [-0.1, -0.05) is 0 Å². The van der Waals surface area contributed by atoms with Crippen molar-refractivity contribution in [1.82, 2.24) is 14.7 Å². The zero-order chi connectivity index (χ0) is 12.3. The van der Waals surface area contributed by atoms with Crippen molar-refractivity contribution in [3.8, 4) is 6.07 Å². The standard InChI is InChI=1S/C11H16N6/c1-15-3-5-17(6-4-15)9-13-11-10(7-12)8-14-16(11)2/h8-9H,3-6H2,1-2H3/p+1. The van der Waals surface area contributed by atoms with Gasteiger partial charge >= 0.3 is 0 Å². The van der Waals surface area contributed by atoms with Crippen LogP contribution in [0.4, 0.5) is 5.82 Å². The number of likely N-dealkylation sites (N-methyl/N-ethyl adjacent to an activating group) is 1. The summed E-state index contributed by atoms with van der Waals surface area (Å²) in [5, 5.41) is 12.9. The first-order chi connectivity index (χ1) is 8.20. The van der Waals surface area contributed by atoms with E-state index < -0.39 is 0 Å². The Balaban J connectivity index is 2.05. The molecule has 0 amide bonds. The van der Waals surface area contributed by atoms with Crippen LogP contribution in [0, 0.1) is 11.3 Å². The molecule has 1 aliphatic rings. The first-order valence-electron chi connectivity index (χ1n) is 5.72. The molecule has 6 nitrogen and oxygen atoms in total. The fraction of sp³-hybridized carbons (Fsp3) is 0.545. The molecule has 0 atom stereocenters. The van der Waals surface area contributed by atoms with Gasteiger partial charge in [0.2, 0.25) is 0 Å². The van der Waals surface area contributed by atoms with Crippen molar-refractivity contribution in [3.05, 3.63) is 11.8 Å². The van der Waals surface area contributed by atoms with E-state index >= 15 is 0 Å². The molecule has 0 spiro atoms. The van der Waals surface area contributed by atoms with Gasteiger partial charge in [0.15, 0.2) is 5.82 Å². The monoisotopic (exact) mass is 233 g/mol. The molecule has 0 saturated carbocycles. The second-order valence-corrected chi connectivity index (χ2v) is 4.35. The van der Waals surface area contributed by atoms with Gasteiger partial charge in [-0.25, -0.2) is 9.67 Å². The topological polar surface area (TPSA) is 61.6 Å². The maximum atomic E-state index is 8.91. The summed E-state index contributed by atoms with van der Waals surface area (Å²) in [5.41, 5.74) is 0.517. The van der Waals surface area contributed by atoms with Crippen molar-refractivity contribution in [1.29, 1.82) is 5.26 Å². The van der Waals surface area contributed by atoms with E-state index in [1.165, 1.54) is 0 Å². The first kappa shape index (κ1) is 11.6. The molecule has 1 fully saturated rings. The van der Waals surface area contributed by atoms with Crippen LogP contribution in [-0.4, -0.2) is 54.2 Å². The van der Waals surface area contributed by atoms with Crippen LogP contribution >= 0.6 is 0 Å². The molecule has 0 aliphatic carbocycles. The number of rotatable bonds is 2. The summed E-state index contributed by atoms with van der Waals surface area (Å²) in [6, 6.07) is 2.09. The van der Waals surface area contributed by atoms with Crippen LogP contribution < -0.4 is 4.90 Å². The highest BCUT2D eigenvalue weighted by atomic mass is 15.3. The highest BCUT2D eigenvalue weighted by Gasteiger charge is 2.14. The first-order valence-corrected chi connectivity index (χ1v) is 5.72. The van der Waals surface area contributed by atoms with E-state index in [4.69, 9.17) is 5.26 Å². The number of quaternary nitrogens is 1. The van der Waals surface area contributed by atoms with E-state index in [1.807, 2.05) is 6.34 Å². The third-order valence-electron chi connectivity index (χ3n) is 3.02. The van der Waals surface area contributed by atoms with Crippen LogP contribution in [0.25, 0.3) is 0 Å². The molecular formula is C11H17N6+. The number of nitrogens with zero attached hydrogens (tertiary/aromatic N) is 5. The lowest BCUT2D eigenvalue weighted by Crippen LogP contribution is -3.11. The third kappa shape index (κ3) is 2.63. The van der Waals surface area contributed by atoms with E-state index in [-0.39, 0.29) is 0 Å². The van der Waals surface area contributed by atoms with E-state index in [0.29, 0.717) is 11.4 Å². The fourth-order valence-electron chi connectivity index (χ4n) is 1.82. The van der Waals surface area contributed by atoms with Crippen LogP contribution in [0.2, 0.25) is 0 Å². The van der Waals surface area contributed by atoms with E-state index in [1.54, 1.807) is 22.8 Å². The summed E-state index contributed by atoms with van der Waals surface area (Å²) in [6.07, 6.45) is 3.37. The largest absolute Gasteiger partial charge is 0.351 e. The molecule has 2 heterocycles. The smallest absolute Gasteiger partial charge is 0.169 e. The molecule has 17 heavy (non-hydrogen) atoms. The van der Waals surface area contributed by atoms with Gasteiger partial charge in [0.25, 0.3) is 0 Å². The van der Waals surface area contributed by atoms with Crippen LogP contribution in [0.1, 0.15) is 5.56 Å². The van der Waals surface area contributed by atoms with Crippen LogP contribution in [0.5, 0.6) is 0 Å². The molecule has 1 N–H and O–H groups in total. The van der Waals surface area contributed by atoms with Gasteiger partial charge < -0.3 is 9.80 Å². The maximum absolute atomic E-state index is 8.91. The lowest BCUT2D eigenvalue weighted by Gasteiger charge is -2.28. The predicted octanol–water partition coefficient (Wildman–Crippen LogP) is -1.22. The average Bonchev–Trinajstić information content (AvgIpc) is 2.69. The van der Waals surface area contributed by atoms with Gasteiger partial charge in [-0.2, -0.15) is 10.4 Å². The van der Waals surface area contributed by atoms with Crippen LogP contribution in [0.15, 0.2) is 11.2 Å².